The number of phenolic OH excluding ortho intramolecular Hbond substituents is 1. The standard InChI is InChI=1S/C8H5N3O2/c12-4-9-7-2-6-5(1-8(7)13)3-10-11-6/h1-3,13H,(H,10,11). The molecule has 0 atom stereocenters. The number of aromatic amines is 1. The molecule has 5 nitrogen and oxygen atoms in total. The van der Waals surface area contributed by atoms with Crippen LogP contribution in [0.15, 0.2) is 23.3 Å². The molecule has 2 rings (SSSR count). The molecule has 0 saturated carbocycles. The molecule has 64 valence electrons. The van der Waals surface area contributed by atoms with Crippen LogP contribution in [0.2, 0.25) is 0 Å². The molecule has 0 amide bonds. The highest BCUT2D eigenvalue weighted by Crippen LogP contribution is 2.29. The van der Waals surface area contributed by atoms with E-state index in [4.69, 9.17) is 0 Å². The van der Waals surface area contributed by atoms with Crippen molar-refractivity contribution in [2.45, 2.75) is 0 Å². The molecular formula is C8H5N3O2. The van der Waals surface area contributed by atoms with E-state index in [1.807, 2.05) is 0 Å². The van der Waals surface area contributed by atoms with E-state index >= 15 is 0 Å². The van der Waals surface area contributed by atoms with Gasteiger partial charge in [0.1, 0.15) is 11.4 Å². The van der Waals surface area contributed by atoms with Crippen LogP contribution >= 0.6 is 0 Å². The van der Waals surface area contributed by atoms with Gasteiger partial charge in [-0.2, -0.15) is 10.1 Å². The van der Waals surface area contributed by atoms with E-state index in [0.29, 0.717) is 5.52 Å². The Morgan fingerprint density at radius 3 is 3.15 bits per heavy atom. The van der Waals surface area contributed by atoms with E-state index in [0.717, 1.165) is 5.39 Å². The molecule has 0 saturated heterocycles. The Morgan fingerprint density at radius 1 is 1.54 bits per heavy atom. The number of phenols is 1. The molecule has 0 aliphatic carbocycles. The molecule has 5 heteroatoms. The lowest BCUT2D eigenvalue weighted by Crippen LogP contribution is -1.71. The van der Waals surface area contributed by atoms with Crippen molar-refractivity contribution in [1.29, 1.82) is 0 Å². The highest BCUT2D eigenvalue weighted by Gasteiger charge is 2.03. The summed E-state index contributed by atoms with van der Waals surface area (Å²) in [6.07, 6.45) is 2.94. The lowest BCUT2D eigenvalue weighted by Gasteiger charge is -1.95. The Hall–Kier alpha value is -2.13. The van der Waals surface area contributed by atoms with Gasteiger partial charge in [0.15, 0.2) is 0 Å². The predicted molar refractivity (Wildman–Crippen MR) is 45.5 cm³/mol. The lowest BCUT2D eigenvalue weighted by molar-refractivity contribution is 0.477. The molecule has 1 aromatic carbocycles. The number of aromatic nitrogens is 2. The molecule has 13 heavy (non-hydrogen) atoms. The minimum Gasteiger partial charge on any atom is -0.506 e. The van der Waals surface area contributed by atoms with Gasteiger partial charge in [-0.05, 0) is 12.1 Å². The van der Waals surface area contributed by atoms with Crippen LogP contribution < -0.4 is 0 Å². The Kier molecular flexibility index (Phi) is 1.58. The number of isocyanates is 1. The summed E-state index contributed by atoms with van der Waals surface area (Å²) in [6, 6.07) is 3.01. The van der Waals surface area contributed by atoms with Gasteiger partial charge in [0, 0.05) is 5.39 Å². The molecule has 0 radical (unpaired) electrons. The number of hydrogen-bond acceptors (Lipinski definition) is 4. The molecule has 0 aliphatic rings. The number of nitrogens with one attached hydrogen (secondary N) is 1. The first-order chi connectivity index (χ1) is 6.31. The van der Waals surface area contributed by atoms with E-state index in [2.05, 4.69) is 15.2 Å². The zero-order valence-electron chi connectivity index (χ0n) is 6.48. The fourth-order valence-electron chi connectivity index (χ4n) is 1.11. The van der Waals surface area contributed by atoms with Gasteiger partial charge in [-0.25, -0.2) is 4.79 Å². The van der Waals surface area contributed by atoms with Crippen LogP contribution in [-0.4, -0.2) is 21.4 Å². The monoisotopic (exact) mass is 175 g/mol. The lowest BCUT2D eigenvalue weighted by atomic mass is 10.2. The number of aromatic hydroxyl groups is 1. The molecule has 1 aromatic heterocycles. The maximum atomic E-state index is 9.97. The van der Waals surface area contributed by atoms with Crippen LogP contribution in [0, 0.1) is 0 Å². The maximum absolute atomic E-state index is 9.97. The number of hydrogen-bond donors (Lipinski definition) is 2. The van der Waals surface area contributed by atoms with E-state index < -0.39 is 0 Å². The number of nitrogens with zero attached hydrogens (tertiary/aromatic N) is 2. The van der Waals surface area contributed by atoms with Crippen molar-refractivity contribution in [2.24, 2.45) is 4.99 Å². The Labute approximate surface area is 72.7 Å². The van der Waals surface area contributed by atoms with Crippen LogP contribution in [0.1, 0.15) is 0 Å². The van der Waals surface area contributed by atoms with Crippen LogP contribution in [0.5, 0.6) is 5.75 Å². The summed E-state index contributed by atoms with van der Waals surface area (Å²) < 4.78 is 0. The molecule has 0 unspecified atom stereocenters. The third kappa shape index (κ3) is 1.17. The van der Waals surface area contributed by atoms with Crippen LogP contribution in [0.3, 0.4) is 0 Å². The van der Waals surface area contributed by atoms with Gasteiger partial charge in [0.05, 0.1) is 11.7 Å². The van der Waals surface area contributed by atoms with Crippen molar-refractivity contribution in [2.75, 3.05) is 0 Å². The number of H-pyrrole nitrogens is 1. The summed E-state index contributed by atoms with van der Waals surface area (Å²) in [4.78, 5) is 13.3. The quantitative estimate of drug-likeness (QED) is 0.505. The van der Waals surface area contributed by atoms with E-state index in [9.17, 15) is 9.90 Å². The fraction of sp³-hybridized carbons (Fsp3) is 0. The minimum absolute atomic E-state index is 0.0581. The SMILES string of the molecule is O=C=Nc1cc2[nH]ncc2cc1O. The average molecular weight is 175 g/mol. The van der Waals surface area contributed by atoms with Crippen molar-refractivity contribution in [3.8, 4) is 5.75 Å². The van der Waals surface area contributed by atoms with E-state index in [1.54, 1.807) is 6.20 Å². The van der Waals surface area contributed by atoms with Gasteiger partial charge in [-0.15, -0.1) is 0 Å². The first-order valence-electron chi connectivity index (χ1n) is 3.55. The third-order valence-electron chi connectivity index (χ3n) is 1.70. The van der Waals surface area contributed by atoms with Crippen molar-refractivity contribution < 1.29 is 9.90 Å². The van der Waals surface area contributed by atoms with Gasteiger partial charge in [0.2, 0.25) is 6.08 Å². The number of rotatable bonds is 1. The zero-order valence-corrected chi connectivity index (χ0v) is 6.48. The fourth-order valence-corrected chi connectivity index (χ4v) is 1.11. The van der Waals surface area contributed by atoms with Crippen LogP contribution in [0.25, 0.3) is 10.9 Å². The first-order valence-corrected chi connectivity index (χ1v) is 3.55. The predicted octanol–water partition coefficient (Wildman–Crippen LogP) is 1.24. The van der Waals surface area contributed by atoms with Gasteiger partial charge >= 0.3 is 0 Å². The molecule has 2 aromatic rings. The molecule has 0 fully saturated rings. The summed E-state index contributed by atoms with van der Waals surface area (Å²) in [7, 11) is 0. The summed E-state index contributed by atoms with van der Waals surface area (Å²) in [5, 5.41) is 16.6. The topological polar surface area (TPSA) is 78.3 Å². The van der Waals surface area contributed by atoms with Crippen LogP contribution in [-0.2, 0) is 4.79 Å². The normalized spacial score (nSPS) is 9.85. The number of aliphatic imine (C=N–C) groups is 1. The summed E-state index contributed by atoms with van der Waals surface area (Å²) in [5.74, 6) is -0.0581. The maximum Gasteiger partial charge on any atom is 0.240 e. The second-order valence-electron chi connectivity index (χ2n) is 2.50. The summed E-state index contributed by atoms with van der Waals surface area (Å²) in [5.41, 5.74) is 0.901. The highest BCUT2D eigenvalue weighted by molar-refractivity contribution is 5.84. The second kappa shape index (κ2) is 2.73. The summed E-state index contributed by atoms with van der Waals surface area (Å²) in [6.45, 7) is 0. The molecule has 0 aliphatic heterocycles. The van der Waals surface area contributed by atoms with Gasteiger partial charge in [-0.3, -0.25) is 5.10 Å². The van der Waals surface area contributed by atoms with Crippen molar-refractivity contribution >= 4 is 22.7 Å². The number of carbonyl (C=O) groups excluding carboxylic acids is 1. The molecule has 0 bridgehead atoms. The van der Waals surface area contributed by atoms with E-state index in [1.165, 1.54) is 18.2 Å². The van der Waals surface area contributed by atoms with Gasteiger partial charge < -0.3 is 5.11 Å². The summed E-state index contributed by atoms with van der Waals surface area (Å²) >= 11 is 0. The highest BCUT2D eigenvalue weighted by atomic mass is 16.3. The second-order valence-corrected chi connectivity index (χ2v) is 2.50. The van der Waals surface area contributed by atoms with Gasteiger partial charge in [0.25, 0.3) is 0 Å². The Balaban J connectivity index is 2.75. The van der Waals surface area contributed by atoms with Crippen molar-refractivity contribution in [1.82, 2.24) is 10.2 Å². The van der Waals surface area contributed by atoms with Gasteiger partial charge in [-0.1, -0.05) is 0 Å². The zero-order chi connectivity index (χ0) is 9.26. The largest absolute Gasteiger partial charge is 0.506 e. The molecule has 0 spiro atoms. The number of benzene rings is 1. The Morgan fingerprint density at radius 2 is 2.38 bits per heavy atom. The van der Waals surface area contributed by atoms with E-state index in [-0.39, 0.29) is 11.4 Å². The Bertz CT molecular complexity index is 497. The molecule has 1 heterocycles. The first kappa shape index (κ1) is 7.52. The number of fused-ring (bicyclic) bond motifs is 1. The average Bonchev–Trinajstić information content (AvgIpc) is 2.52. The molecule has 2 N–H and O–H groups in total. The van der Waals surface area contributed by atoms with Crippen molar-refractivity contribution in [3.63, 3.8) is 0 Å². The van der Waals surface area contributed by atoms with Crippen LogP contribution in [0.4, 0.5) is 5.69 Å². The minimum atomic E-state index is -0.0581. The van der Waals surface area contributed by atoms with Crippen molar-refractivity contribution in [3.05, 3.63) is 18.3 Å². The smallest absolute Gasteiger partial charge is 0.240 e. The third-order valence-corrected chi connectivity index (χ3v) is 1.70. The molecular weight excluding hydrogens is 170 g/mol.